The van der Waals surface area contributed by atoms with Crippen molar-refractivity contribution in [3.05, 3.63) is 63.4 Å². The van der Waals surface area contributed by atoms with Crippen molar-refractivity contribution in [3.8, 4) is 0 Å². The van der Waals surface area contributed by atoms with E-state index in [1.165, 1.54) is 33.2 Å². The largest absolute Gasteiger partial charge is 0.347 e. The highest BCUT2D eigenvalue weighted by Crippen LogP contribution is 2.46. The molecule has 0 fully saturated rings. The van der Waals surface area contributed by atoms with Gasteiger partial charge in [-0.1, -0.05) is 43.8 Å². The van der Waals surface area contributed by atoms with Crippen LogP contribution in [0.15, 0.2) is 57.4 Å². The molecule has 2 aromatic heterocycles. The molecular formula is C21H21N3O2S2. The molecule has 0 saturated heterocycles. The third kappa shape index (κ3) is 2.99. The maximum atomic E-state index is 12.7. The summed E-state index contributed by atoms with van der Waals surface area (Å²) < 4.78 is 1.52. The van der Waals surface area contributed by atoms with Crippen LogP contribution >= 0.6 is 23.1 Å². The second kappa shape index (κ2) is 6.90. The normalized spacial score (nSPS) is 16.7. The third-order valence-electron chi connectivity index (χ3n) is 5.25. The Kier molecular flexibility index (Phi) is 4.67. The molecule has 0 bridgehead atoms. The molecule has 28 heavy (non-hydrogen) atoms. The lowest BCUT2D eigenvalue weighted by Gasteiger charge is -2.23. The first-order valence-corrected chi connectivity index (χ1v) is 10.8. The van der Waals surface area contributed by atoms with E-state index in [9.17, 15) is 9.59 Å². The molecule has 0 saturated carbocycles. The van der Waals surface area contributed by atoms with E-state index in [1.54, 1.807) is 19.2 Å². The van der Waals surface area contributed by atoms with Gasteiger partial charge in [-0.05, 0) is 23.1 Å². The van der Waals surface area contributed by atoms with Gasteiger partial charge in [-0.15, -0.1) is 11.3 Å². The number of nitrogens with zero attached hydrogens (tertiary/aromatic N) is 3. The molecule has 5 nitrogen and oxygen atoms in total. The number of allylic oxidation sites excluding steroid dienone is 2. The Bertz CT molecular complexity index is 1170. The van der Waals surface area contributed by atoms with Crippen molar-refractivity contribution in [2.45, 2.75) is 24.4 Å². The van der Waals surface area contributed by atoms with E-state index in [0.29, 0.717) is 15.4 Å². The van der Waals surface area contributed by atoms with Gasteiger partial charge in [-0.3, -0.25) is 14.2 Å². The summed E-state index contributed by atoms with van der Waals surface area (Å²) in [6, 6.07) is 10.0. The zero-order valence-corrected chi connectivity index (χ0v) is 17.9. The monoisotopic (exact) mass is 411 g/mol. The van der Waals surface area contributed by atoms with Crippen molar-refractivity contribution in [2.24, 2.45) is 7.05 Å². The number of benzene rings is 1. The number of hydrogen-bond acceptors (Lipinski definition) is 6. The number of anilines is 1. The molecule has 1 aliphatic heterocycles. The van der Waals surface area contributed by atoms with Gasteiger partial charge in [0.05, 0.1) is 11.1 Å². The van der Waals surface area contributed by atoms with Crippen molar-refractivity contribution >= 4 is 44.8 Å². The number of fused-ring (bicyclic) bond motifs is 2. The van der Waals surface area contributed by atoms with Crippen molar-refractivity contribution < 1.29 is 4.79 Å². The zero-order chi connectivity index (χ0) is 20.1. The quantitative estimate of drug-likeness (QED) is 0.369. The van der Waals surface area contributed by atoms with Gasteiger partial charge in [0.25, 0.3) is 5.56 Å². The number of para-hydroxylation sites is 1. The molecule has 3 heterocycles. The third-order valence-corrected chi connectivity index (χ3v) is 7.10. The second-order valence-electron chi connectivity index (χ2n) is 7.38. The zero-order valence-electron chi connectivity index (χ0n) is 16.2. The summed E-state index contributed by atoms with van der Waals surface area (Å²) in [5.74, 6) is 0.245. The van der Waals surface area contributed by atoms with Gasteiger partial charge in [0.1, 0.15) is 4.83 Å². The van der Waals surface area contributed by atoms with Crippen LogP contribution in [-0.2, 0) is 17.3 Å². The maximum Gasteiger partial charge on any atom is 0.262 e. The molecule has 4 rings (SSSR count). The summed E-state index contributed by atoms with van der Waals surface area (Å²) in [5, 5.41) is 3.05. The highest BCUT2D eigenvalue weighted by atomic mass is 32.2. The van der Waals surface area contributed by atoms with E-state index in [2.05, 4.69) is 35.9 Å². The highest BCUT2D eigenvalue weighted by molar-refractivity contribution is 7.99. The van der Waals surface area contributed by atoms with Crippen LogP contribution in [0.25, 0.3) is 10.2 Å². The SMILES string of the molecule is CN1/C(=C\C(=O)CSc2nc3sccc3c(=O)n2C)C(C)(C)c2ccccc21. The van der Waals surface area contributed by atoms with Crippen molar-refractivity contribution in [3.63, 3.8) is 0 Å². The fourth-order valence-corrected chi connectivity index (χ4v) is 5.30. The minimum atomic E-state index is -0.230. The number of ketones is 1. The lowest BCUT2D eigenvalue weighted by atomic mass is 9.83. The molecule has 1 aromatic carbocycles. The minimum absolute atomic E-state index is 0.00765. The van der Waals surface area contributed by atoms with Crippen LogP contribution in [0.4, 0.5) is 5.69 Å². The van der Waals surface area contributed by atoms with E-state index in [0.717, 1.165) is 11.4 Å². The fourth-order valence-electron chi connectivity index (χ4n) is 3.70. The van der Waals surface area contributed by atoms with Crippen LogP contribution in [0, 0.1) is 0 Å². The van der Waals surface area contributed by atoms with Crippen LogP contribution in [-0.4, -0.2) is 28.1 Å². The van der Waals surface area contributed by atoms with Crippen molar-refractivity contribution in [1.29, 1.82) is 0 Å². The van der Waals surface area contributed by atoms with Crippen LogP contribution in [0.5, 0.6) is 0 Å². The molecule has 144 valence electrons. The van der Waals surface area contributed by atoms with E-state index in [1.807, 2.05) is 24.6 Å². The lowest BCUT2D eigenvalue weighted by Crippen LogP contribution is -2.24. The molecule has 0 spiro atoms. The molecular weight excluding hydrogens is 390 g/mol. The van der Waals surface area contributed by atoms with Gasteiger partial charge in [-0.25, -0.2) is 4.98 Å². The van der Waals surface area contributed by atoms with Gasteiger partial charge < -0.3 is 4.90 Å². The Morgan fingerprint density at radius 2 is 2.00 bits per heavy atom. The molecule has 0 radical (unpaired) electrons. The predicted molar refractivity (Wildman–Crippen MR) is 117 cm³/mol. The first kappa shape index (κ1) is 19.0. The smallest absolute Gasteiger partial charge is 0.262 e. The summed E-state index contributed by atoms with van der Waals surface area (Å²) in [4.78, 5) is 32.5. The van der Waals surface area contributed by atoms with Gasteiger partial charge in [-0.2, -0.15) is 0 Å². The van der Waals surface area contributed by atoms with Crippen LogP contribution in [0.3, 0.4) is 0 Å². The number of aromatic nitrogens is 2. The Morgan fingerprint density at radius 3 is 2.75 bits per heavy atom. The van der Waals surface area contributed by atoms with Gasteiger partial charge in [0.2, 0.25) is 0 Å². The van der Waals surface area contributed by atoms with E-state index in [-0.39, 0.29) is 22.5 Å². The lowest BCUT2D eigenvalue weighted by molar-refractivity contribution is -0.112. The molecule has 3 aromatic rings. The van der Waals surface area contributed by atoms with E-state index >= 15 is 0 Å². The average Bonchev–Trinajstić information content (AvgIpc) is 3.21. The van der Waals surface area contributed by atoms with Crippen LogP contribution in [0.1, 0.15) is 19.4 Å². The number of carbonyl (C=O) groups excluding carboxylic acids is 1. The Labute approximate surface area is 171 Å². The molecule has 0 unspecified atom stereocenters. The Hall–Kier alpha value is -2.38. The molecule has 1 aliphatic rings. The van der Waals surface area contributed by atoms with Gasteiger partial charge in [0.15, 0.2) is 10.9 Å². The summed E-state index contributed by atoms with van der Waals surface area (Å²) in [5.41, 5.74) is 3.02. The fraction of sp³-hybridized carbons (Fsp3) is 0.286. The van der Waals surface area contributed by atoms with E-state index < -0.39 is 0 Å². The molecule has 0 amide bonds. The van der Waals surface area contributed by atoms with Crippen LogP contribution < -0.4 is 10.5 Å². The summed E-state index contributed by atoms with van der Waals surface area (Å²) in [7, 11) is 3.69. The molecule has 0 N–H and O–H groups in total. The number of thiophene rings is 1. The Morgan fingerprint density at radius 1 is 1.25 bits per heavy atom. The van der Waals surface area contributed by atoms with Crippen molar-refractivity contribution in [1.82, 2.24) is 9.55 Å². The molecule has 0 atom stereocenters. The van der Waals surface area contributed by atoms with Crippen LogP contribution in [0.2, 0.25) is 0 Å². The summed E-state index contributed by atoms with van der Waals surface area (Å²) in [6.45, 7) is 4.27. The molecule has 7 heteroatoms. The van der Waals surface area contributed by atoms with Crippen molar-refractivity contribution in [2.75, 3.05) is 17.7 Å². The first-order chi connectivity index (χ1) is 13.3. The predicted octanol–water partition coefficient (Wildman–Crippen LogP) is 3.97. The highest BCUT2D eigenvalue weighted by Gasteiger charge is 2.38. The number of carbonyl (C=O) groups is 1. The topological polar surface area (TPSA) is 55.2 Å². The summed E-state index contributed by atoms with van der Waals surface area (Å²) >= 11 is 2.74. The Balaban J connectivity index is 1.57. The minimum Gasteiger partial charge on any atom is -0.347 e. The maximum absolute atomic E-state index is 12.7. The van der Waals surface area contributed by atoms with E-state index in [4.69, 9.17) is 0 Å². The standard InChI is InChI=1S/C21H21N3O2S2/c1-21(2)15-7-5-6-8-16(15)23(3)17(21)11-13(25)12-28-20-22-18-14(9-10-27-18)19(26)24(20)4/h5-11H,12H2,1-4H3/b17-11-. The van der Waals surface area contributed by atoms with Gasteiger partial charge in [0, 0.05) is 37.0 Å². The number of hydrogen-bond donors (Lipinski definition) is 0. The summed E-state index contributed by atoms with van der Waals surface area (Å²) in [6.07, 6.45) is 1.73. The number of thioether (sulfide) groups is 1. The van der Waals surface area contributed by atoms with Gasteiger partial charge >= 0.3 is 0 Å². The second-order valence-corrected chi connectivity index (χ2v) is 9.22. The first-order valence-electron chi connectivity index (χ1n) is 8.96. The average molecular weight is 412 g/mol. The molecule has 0 aliphatic carbocycles. The number of rotatable bonds is 4. The number of likely N-dealkylation sites (N-methyl/N-ethyl adjacent to an activating group) is 1.